The van der Waals surface area contributed by atoms with Crippen molar-refractivity contribution in [3.05, 3.63) is 17.0 Å². The summed E-state index contributed by atoms with van der Waals surface area (Å²) in [7, 11) is -1.18. The molecule has 2 N–H and O–H groups in total. The van der Waals surface area contributed by atoms with E-state index in [1.165, 1.54) is 0 Å². The summed E-state index contributed by atoms with van der Waals surface area (Å²) in [4.78, 5) is 0. The molecule has 0 radical (unpaired) electrons. The molecule has 1 aromatic heterocycles. The topological polar surface area (TPSA) is 78.0 Å². The number of hydrogen-bond acceptors (Lipinski definition) is 4. The van der Waals surface area contributed by atoms with E-state index in [0.717, 1.165) is 11.3 Å². The lowest BCUT2D eigenvalue weighted by molar-refractivity contribution is 0.595. The summed E-state index contributed by atoms with van der Waals surface area (Å²) in [6, 6.07) is 0. The molecule has 1 aliphatic rings. The van der Waals surface area contributed by atoms with Gasteiger partial charge in [0.25, 0.3) is 0 Å². The van der Waals surface area contributed by atoms with E-state index >= 15 is 0 Å². The standard InChI is InChI=1S/C7H11N3O2S/c1-10-7-4-13(11,12)3-5(7)6(2-8)9-10/h2-4,8H2,1H3. The van der Waals surface area contributed by atoms with Gasteiger partial charge in [-0.05, 0) is 0 Å². The van der Waals surface area contributed by atoms with Gasteiger partial charge < -0.3 is 5.73 Å². The molecule has 0 spiro atoms. The zero-order valence-electron chi connectivity index (χ0n) is 7.32. The van der Waals surface area contributed by atoms with Gasteiger partial charge in [0.2, 0.25) is 0 Å². The molecule has 0 aliphatic carbocycles. The van der Waals surface area contributed by atoms with Crippen LogP contribution in [0.2, 0.25) is 0 Å². The van der Waals surface area contributed by atoms with Crippen LogP contribution >= 0.6 is 0 Å². The Bertz CT molecular complexity index is 447. The Balaban J connectivity index is 2.58. The van der Waals surface area contributed by atoms with E-state index in [1.807, 2.05) is 0 Å². The fraction of sp³-hybridized carbons (Fsp3) is 0.571. The molecule has 0 saturated heterocycles. The zero-order valence-corrected chi connectivity index (χ0v) is 8.13. The van der Waals surface area contributed by atoms with Crippen LogP contribution in [0.1, 0.15) is 17.0 Å². The molecule has 0 unspecified atom stereocenters. The van der Waals surface area contributed by atoms with Crippen LogP contribution in [0.4, 0.5) is 0 Å². The normalized spacial score (nSPS) is 18.9. The lowest BCUT2D eigenvalue weighted by atomic mass is 10.2. The third-order valence-corrected chi connectivity index (χ3v) is 3.71. The monoisotopic (exact) mass is 201 g/mol. The molecule has 0 aromatic carbocycles. The smallest absolute Gasteiger partial charge is 0.160 e. The summed E-state index contributed by atoms with van der Waals surface area (Å²) >= 11 is 0. The summed E-state index contributed by atoms with van der Waals surface area (Å²) in [5.41, 5.74) is 7.76. The first kappa shape index (κ1) is 8.71. The van der Waals surface area contributed by atoms with Crippen LogP contribution in [0.15, 0.2) is 0 Å². The van der Waals surface area contributed by atoms with Gasteiger partial charge in [-0.25, -0.2) is 8.42 Å². The summed E-state index contributed by atoms with van der Waals surface area (Å²) < 4.78 is 24.2. The molecule has 1 aromatic rings. The van der Waals surface area contributed by atoms with Gasteiger partial charge in [-0.1, -0.05) is 0 Å². The molecule has 13 heavy (non-hydrogen) atoms. The van der Waals surface area contributed by atoms with Crippen LogP contribution in [0.25, 0.3) is 0 Å². The van der Waals surface area contributed by atoms with Crippen molar-refractivity contribution in [2.24, 2.45) is 12.8 Å². The molecule has 72 valence electrons. The first-order valence-corrected chi connectivity index (χ1v) is 5.80. The van der Waals surface area contributed by atoms with Crippen LogP contribution in [0.3, 0.4) is 0 Å². The second kappa shape index (κ2) is 2.55. The van der Waals surface area contributed by atoms with Crippen LogP contribution in [-0.2, 0) is 34.9 Å². The Hall–Kier alpha value is -0.880. The number of nitrogens with zero attached hydrogens (tertiary/aromatic N) is 2. The van der Waals surface area contributed by atoms with Crippen LogP contribution in [-0.4, -0.2) is 18.2 Å². The van der Waals surface area contributed by atoms with Crippen LogP contribution < -0.4 is 5.73 Å². The van der Waals surface area contributed by atoms with Gasteiger partial charge in [0.15, 0.2) is 9.84 Å². The number of fused-ring (bicyclic) bond motifs is 1. The Labute approximate surface area is 76.5 Å². The summed E-state index contributed by atoms with van der Waals surface area (Å²) in [6.45, 7) is 0.304. The maximum atomic E-state index is 11.3. The molecule has 5 nitrogen and oxygen atoms in total. The van der Waals surface area contributed by atoms with E-state index in [0.29, 0.717) is 12.2 Å². The number of rotatable bonds is 1. The van der Waals surface area contributed by atoms with Crippen molar-refractivity contribution in [3.8, 4) is 0 Å². The zero-order chi connectivity index (χ0) is 9.64. The molecular formula is C7H11N3O2S. The van der Waals surface area contributed by atoms with E-state index in [1.54, 1.807) is 11.7 Å². The predicted octanol–water partition coefficient (Wildman–Crippen LogP) is -0.693. The molecule has 0 fully saturated rings. The van der Waals surface area contributed by atoms with Gasteiger partial charge in [-0.2, -0.15) is 5.10 Å². The SMILES string of the molecule is Cn1nc(CN)c2c1CS(=O)(=O)C2. The average Bonchev–Trinajstić information content (AvgIpc) is 2.47. The van der Waals surface area contributed by atoms with Crippen molar-refractivity contribution < 1.29 is 8.42 Å². The number of aromatic nitrogens is 2. The molecular weight excluding hydrogens is 190 g/mol. The first-order chi connectivity index (χ1) is 6.03. The second-order valence-electron chi connectivity index (χ2n) is 3.23. The highest BCUT2D eigenvalue weighted by atomic mass is 32.2. The largest absolute Gasteiger partial charge is 0.325 e. The third-order valence-electron chi connectivity index (χ3n) is 2.27. The van der Waals surface area contributed by atoms with E-state index in [4.69, 9.17) is 5.73 Å². The highest BCUT2D eigenvalue weighted by Crippen LogP contribution is 2.26. The maximum Gasteiger partial charge on any atom is 0.160 e. The first-order valence-electron chi connectivity index (χ1n) is 3.97. The van der Waals surface area contributed by atoms with E-state index < -0.39 is 9.84 Å². The van der Waals surface area contributed by atoms with Crippen LogP contribution in [0, 0.1) is 0 Å². The molecule has 2 heterocycles. The van der Waals surface area contributed by atoms with Crippen molar-refractivity contribution in [1.29, 1.82) is 0 Å². The molecule has 0 amide bonds. The predicted molar refractivity (Wildman–Crippen MR) is 47.4 cm³/mol. The lowest BCUT2D eigenvalue weighted by Gasteiger charge is -1.95. The minimum atomic E-state index is -2.93. The van der Waals surface area contributed by atoms with Crippen LogP contribution in [0.5, 0.6) is 0 Å². The highest BCUT2D eigenvalue weighted by molar-refractivity contribution is 7.90. The number of hydrogen-bond donors (Lipinski definition) is 1. The third kappa shape index (κ3) is 1.26. The minimum absolute atomic E-state index is 0.0999. The highest BCUT2D eigenvalue weighted by Gasteiger charge is 2.30. The fourth-order valence-electron chi connectivity index (χ4n) is 1.65. The maximum absolute atomic E-state index is 11.3. The van der Waals surface area contributed by atoms with E-state index in [9.17, 15) is 8.42 Å². The quantitative estimate of drug-likeness (QED) is 0.652. The van der Waals surface area contributed by atoms with E-state index in [-0.39, 0.29) is 11.5 Å². The van der Waals surface area contributed by atoms with Gasteiger partial charge in [0, 0.05) is 19.2 Å². The van der Waals surface area contributed by atoms with E-state index in [2.05, 4.69) is 5.10 Å². The summed E-state index contributed by atoms with van der Waals surface area (Å²) in [5, 5.41) is 4.14. The Kier molecular flexibility index (Phi) is 1.71. The van der Waals surface area contributed by atoms with Gasteiger partial charge in [-0.15, -0.1) is 0 Å². The molecule has 1 aliphatic heterocycles. The average molecular weight is 201 g/mol. The van der Waals surface area contributed by atoms with Crippen molar-refractivity contribution in [2.45, 2.75) is 18.1 Å². The van der Waals surface area contributed by atoms with Gasteiger partial charge in [-0.3, -0.25) is 4.68 Å². The van der Waals surface area contributed by atoms with Crippen molar-refractivity contribution >= 4 is 9.84 Å². The van der Waals surface area contributed by atoms with Gasteiger partial charge in [0.05, 0.1) is 22.9 Å². The Morgan fingerprint density at radius 1 is 1.54 bits per heavy atom. The molecule has 0 atom stereocenters. The van der Waals surface area contributed by atoms with Gasteiger partial charge in [0.1, 0.15) is 0 Å². The lowest BCUT2D eigenvalue weighted by Crippen LogP contribution is -2.06. The summed E-state index contributed by atoms with van der Waals surface area (Å²) in [6.07, 6.45) is 0. The van der Waals surface area contributed by atoms with Crippen molar-refractivity contribution in [2.75, 3.05) is 0 Å². The fourth-order valence-corrected chi connectivity index (χ4v) is 3.31. The number of sulfone groups is 1. The summed E-state index contributed by atoms with van der Waals surface area (Å²) in [5.74, 6) is 0.203. The van der Waals surface area contributed by atoms with Crippen molar-refractivity contribution in [3.63, 3.8) is 0 Å². The molecule has 0 saturated carbocycles. The number of nitrogens with two attached hydrogens (primary N) is 1. The minimum Gasteiger partial charge on any atom is -0.325 e. The number of aryl methyl sites for hydroxylation is 1. The molecule has 2 rings (SSSR count). The van der Waals surface area contributed by atoms with Crippen molar-refractivity contribution in [1.82, 2.24) is 9.78 Å². The second-order valence-corrected chi connectivity index (χ2v) is 5.30. The Morgan fingerprint density at radius 2 is 2.23 bits per heavy atom. The molecule has 0 bridgehead atoms. The van der Waals surface area contributed by atoms with Gasteiger partial charge >= 0.3 is 0 Å². The molecule has 6 heteroatoms. The Morgan fingerprint density at radius 3 is 2.85 bits per heavy atom.